The Balaban J connectivity index is 1.77. The third-order valence-electron chi connectivity index (χ3n) is 4.57. The maximum absolute atomic E-state index is 13.1. The van der Waals surface area contributed by atoms with Crippen molar-refractivity contribution in [2.75, 3.05) is 5.32 Å². The lowest BCUT2D eigenvalue weighted by Crippen LogP contribution is -2.04. The number of carbonyl (C=O) groups is 1. The van der Waals surface area contributed by atoms with Crippen molar-refractivity contribution in [3.05, 3.63) is 94.8 Å². The molecule has 3 nitrogen and oxygen atoms in total. The number of hydrogen-bond acceptors (Lipinski definition) is 2. The van der Waals surface area contributed by atoms with Crippen molar-refractivity contribution in [1.82, 2.24) is 0 Å². The van der Waals surface area contributed by atoms with E-state index in [1.54, 1.807) is 18.2 Å². The quantitative estimate of drug-likeness (QED) is 0.573. The smallest absolute Gasteiger partial charge is 0.337 e. The Bertz CT molecular complexity index is 918. The van der Waals surface area contributed by atoms with Crippen LogP contribution in [0.5, 0.6) is 0 Å². The average molecular weight is 363 g/mol. The number of benzene rings is 3. The van der Waals surface area contributed by atoms with Gasteiger partial charge >= 0.3 is 5.97 Å². The van der Waals surface area contributed by atoms with Gasteiger partial charge in [-0.3, -0.25) is 0 Å². The molecule has 0 saturated heterocycles. The topological polar surface area (TPSA) is 49.3 Å². The second-order valence-electron chi connectivity index (χ2n) is 6.49. The predicted octanol–water partition coefficient (Wildman–Crippen LogP) is 5.62. The summed E-state index contributed by atoms with van der Waals surface area (Å²) in [5, 5.41) is 12.5. The third kappa shape index (κ3) is 4.94. The number of aryl methyl sites for hydroxylation is 3. The molecule has 27 heavy (non-hydrogen) atoms. The van der Waals surface area contributed by atoms with Gasteiger partial charge in [0, 0.05) is 5.69 Å². The number of nitrogens with one attached hydrogen (secondary N) is 1. The minimum atomic E-state index is -0.999. The average Bonchev–Trinajstić information content (AvgIpc) is 2.68. The number of halogens is 1. The molecule has 4 heteroatoms. The monoisotopic (exact) mass is 363 g/mol. The SMILES string of the molecule is CCc1ccc(CCc2ccc(C(=O)O)c(Nc3ccc(F)cc3)c2)cc1. The summed E-state index contributed by atoms with van der Waals surface area (Å²) in [4.78, 5) is 11.5. The van der Waals surface area contributed by atoms with E-state index in [1.165, 1.54) is 23.3 Å². The van der Waals surface area contributed by atoms with E-state index >= 15 is 0 Å². The zero-order valence-electron chi connectivity index (χ0n) is 15.2. The second kappa shape index (κ2) is 8.49. The number of carboxylic acids is 1. The Hall–Kier alpha value is -3.14. The van der Waals surface area contributed by atoms with Gasteiger partial charge in [0.25, 0.3) is 0 Å². The molecule has 0 amide bonds. The van der Waals surface area contributed by atoms with E-state index in [1.807, 2.05) is 12.1 Å². The van der Waals surface area contributed by atoms with Crippen LogP contribution in [0.25, 0.3) is 0 Å². The number of aromatic carboxylic acids is 1. The molecule has 3 aromatic carbocycles. The Morgan fingerprint density at radius 2 is 1.48 bits per heavy atom. The molecule has 0 atom stereocenters. The maximum Gasteiger partial charge on any atom is 0.337 e. The van der Waals surface area contributed by atoms with Crippen LogP contribution in [0.1, 0.15) is 34.0 Å². The first kappa shape index (κ1) is 18.6. The Morgan fingerprint density at radius 1 is 0.889 bits per heavy atom. The first-order valence-corrected chi connectivity index (χ1v) is 9.02. The van der Waals surface area contributed by atoms with Crippen LogP contribution in [-0.4, -0.2) is 11.1 Å². The lowest BCUT2D eigenvalue weighted by Gasteiger charge is -2.12. The van der Waals surface area contributed by atoms with Crippen molar-refractivity contribution in [3.63, 3.8) is 0 Å². The molecule has 0 bridgehead atoms. The zero-order chi connectivity index (χ0) is 19.2. The van der Waals surface area contributed by atoms with Gasteiger partial charge in [-0.15, -0.1) is 0 Å². The summed E-state index contributed by atoms with van der Waals surface area (Å²) < 4.78 is 13.1. The molecule has 0 aliphatic rings. The van der Waals surface area contributed by atoms with E-state index in [2.05, 4.69) is 36.5 Å². The van der Waals surface area contributed by atoms with Gasteiger partial charge in [0.2, 0.25) is 0 Å². The van der Waals surface area contributed by atoms with Crippen molar-refractivity contribution in [3.8, 4) is 0 Å². The summed E-state index contributed by atoms with van der Waals surface area (Å²) >= 11 is 0. The molecule has 0 spiro atoms. The molecule has 138 valence electrons. The van der Waals surface area contributed by atoms with Gasteiger partial charge in [-0.25, -0.2) is 9.18 Å². The minimum Gasteiger partial charge on any atom is -0.478 e. The molecule has 0 saturated carbocycles. The molecule has 0 unspecified atom stereocenters. The highest BCUT2D eigenvalue weighted by Crippen LogP contribution is 2.24. The van der Waals surface area contributed by atoms with Gasteiger partial charge in [-0.2, -0.15) is 0 Å². The summed E-state index contributed by atoms with van der Waals surface area (Å²) in [5.41, 5.74) is 4.96. The largest absolute Gasteiger partial charge is 0.478 e. The van der Waals surface area contributed by atoms with Crippen LogP contribution >= 0.6 is 0 Å². The highest BCUT2D eigenvalue weighted by atomic mass is 19.1. The highest BCUT2D eigenvalue weighted by Gasteiger charge is 2.11. The summed E-state index contributed by atoms with van der Waals surface area (Å²) in [5.74, 6) is -1.33. The van der Waals surface area contributed by atoms with Gasteiger partial charge in [0.05, 0.1) is 11.3 Å². The van der Waals surface area contributed by atoms with Crippen LogP contribution in [-0.2, 0) is 19.3 Å². The zero-order valence-corrected chi connectivity index (χ0v) is 15.2. The maximum atomic E-state index is 13.1. The van der Waals surface area contributed by atoms with Gasteiger partial charge in [-0.1, -0.05) is 37.3 Å². The van der Waals surface area contributed by atoms with E-state index in [9.17, 15) is 14.3 Å². The standard InChI is InChI=1S/C23H22FNO2/c1-2-16-3-5-17(6-4-16)7-8-18-9-14-21(23(26)27)22(15-18)25-20-12-10-19(24)11-13-20/h3-6,9-15,25H,2,7-8H2,1H3,(H,26,27). The first-order valence-electron chi connectivity index (χ1n) is 9.02. The van der Waals surface area contributed by atoms with E-state index in [0.717, 1.165) is 24.8 Å². The summed E-state index contributed by atoms with van der Waals surface area (Å²) in [7, 11) is 0. The molecular weight excluding hydrogens is 341 g/mol. The van der Waals surface area contributed by atoms with Gasteiger partial charge in [0.15, 0.2) is 0 Å². The first-order chi connectivity index (χ1) is 13.0. The number of rotatable bonds is 7. The Morgan fingerprint density at radius 3 is 2.11 bits per heavy atom. The van der Waals surface area contributed by atoms with E-state index in [-0.39, 0.29) is 11.4 Å². The predicted molar refractivity (Wildman–Crippen MR) is 106 cm³/mol. The van der Waals surface area contributed by atoms with Crippen molar-refractivity contribution >= 4 is 17.3 Å². The third-order valence-corrected chi connectivity index (χ3v) is 4.57. The molecule has 0 heterocycles. The molecule has 0 aromatic heterocycles. The van der Waals surface area contributed by atoms with Crippen LogP contribution < -0.4 is 5.32 Å². The summed E-state index contributed by atoms with van der Waals surface area (Å²) in [6, 6.07) is 19.7. The minimum absolute atomic E-state index is 0.190. The second-order valence-corrected chi connectivity index (χ2v) is 6.49. The number of carboxylic acid groups (broad SMARTS) is 1. The molecule has 3 rings (SSSR count). The lowest BCUT2D eigenvalue weighted by molar-refractivity contribution is 0.0698. The number of hydrogen-bond donors (Lipinski definition) is 2. The Kier molecular flexibility index (Phi) is 5.87. The van der Waals surface area contributed by atoms with Gasteiger partial charge in [-0.05, 0) is 72.4 Å². The fourth-order valence-electron chi connectivity index (χ4n) is 2.96. The van der Waals surface area contributed by atoms with Crippen molar-refractivity contribution < 1.29 is 14.3 Å². The Labute approximate surface area is 158 Å². The molecule has 0 aliphatic heterocycles. The van der Waals surface area contributed by atoms with Crippen LogP contribution in [0.4, 0.5) is 15.8 Å². The number of anilines is 2. The molecule has 0 aliphatic carbocycles. The fourth-order valence-corrected chi connectivity index (χ4v) is 2.96. The lowest BCUT2D eigenvalue weighted by atomic mass is 10.0. The van der Waals surface area contributed by atoms with Crippen molar-refractivity contribution in [2.45, 2.75) is 26.2 Å². The molecule has 0 fully saturated rings. The van der Waals surface area contributed by atoms with E-state index in [4.69, 9.17) is 0 Å². The van der Waals surface area contributed by atoms with Crippen LogP contribution in [0.15, 0.2) is 66.7 Å². The molecule has 3 aromatic rings. The van der Waals surface area contributed by atoms with Crippen molar-refractivity contribution in [1.29, 1.82) is 0 Å². The normalized spacial score (nSPS) is 10.6. The molecule has 0 radical (unpaired) electrons. The van der Waals surface area contributed by atoms with Crippen LogP contribution in [0, 0.1) is 5.82 Å². The van der Waals surface area contributed by atoms with Crippen molar-refractivity contribution in [2.24, 2.45) is 0 Å². The summed E-state index contributed by atoms with van der Waals surface area (Å²) in [6.45, 7) is 2.13. The van der Waals surface area contributed by atoms with Gasteiger partial charge in [0.1, 0.15) is 5.82 Å². The van der Waals surface area contributed by atoms with E-state index < -0.39 is 5.97 Å². The molecule has 2 N–H and O–H groups in total. The highest BCUT2D eigenvalue weighted by molar-refractivity contribution is 5.95. The summed E-state index contributed by atoms with van der Waals surface area (Å²) in [6.07, 6.45) is 2.71. The fraction of sp³-hybridized carbons (Fsp3) is 0.174. The van der Waals surface area contributed by atoms with Crippen LogP contribution in [0.2, 0.25) is 0 Å². The molecular formula is C23H22FNO2. The van der Waals surface area contributed by atoms with Crippen LogP contribution in [0.3, 0.4) is 0 Å². The van der Waals surface area contributed by atoms with E-state index in [0.29, 0.717) is 11.4 Å². The van der Waals surface area contributed by atoms with Gasteiger partial charge < -0.3 is 10.4 Å².